The van der Waals surface area contributed by atoms with Crippen molar-refractivity contribution in [3.63, 3.8) is 0 Å². The highest BCUT2D eigenvalue weighted by molar-refractivity contribution is 9.10. The van der Waals surface area contributed by atoms with Gasteiger partial charge < -0.3 is 10.2 Å². The van der Waals surface area contributed by atoms with Gasteiger partial charge in [0, 0.05) is 33.2 Å². The molecule has 0 fully saturated rings. The molecule has 0 aliphatic heterocycles. The molecule has 0 saturated carbocycles. The van der Waals surface area contributed by atoms with Gasteiger partial charge in [0.25, 0.3) is 0 Å². The number of carbonyl (C=O) groups excluding carboxylic acids is 2. The zero-order valence-electron chi connectivity index (χ0n) is 18.5. The number of hydrogen-bond donors (Lipinski definition) is 1. The topological polar surface area (TPSA) is 86.8 Å². The van der Waals surface area contributed by atoms with Crippen LogP contribution in [0.2, 0.25) is 10.0 Å². The smallest absolute Gasteiger partial charge is 0.244 e. The second-order valence-electron chi connectivity index (χ2n) is 7.43. The minimum atomic E-state index is -3.79. The van der Waals surface area contributed by atoms with Gasteiger partial charge in [-0.15, -0.1) is 0 Å². The van der Waals surface area contributed by atoms with Crippen molar-refractivity contribution in [2.45, 2.75) is 32.9 Å². The summed E-state index contributed by atoms with van der Waals surface area (Å²) in [5.74, 6) is -0.929. The zero-order chi connectivity index (χ0) is 24.8. The number of nitrogens with zero attached hydrogens (tertiary/aromatic N) is 2. The van der Waals surface area contributed by atoms with Crippen LogP contribution in [-0.2, 0) is 26.2 Å². The summed E-state index contributed by atoms with van der Waals surface area (Å²) in [6, 6.07) is 10.6. The molecule has 0 aliphatic rings. The molecule has 2 amide bonds. The lowest BCUT2D eigenvalue weighted by Crippen LogP contribution is -2.51. The number of rotatable bonds is 10. The summed E-state index contributed by atoms with van der Waals surface area (Å²) in [7, 11) is -3.79. The summed E-state index contributed by atoms with van der Waals surface area (Å²) in [6.45, 7) is 3.40. The van der Waals surface area contributed by atoms with Gasteiger partial charge >= 0.3 is 0 Å². The molecule has 1 N–H and O–H groups in total. The van der Waals surface area contributed by atoms with Crippen molar-refractivity contribution in [3.05, 3.63) is 62.5 Å². The number of anilines is 1. The van der Waals surface area contributed by atoms with E-state index in [-0.39, 0.29) is 12.5 Å². The maximum Gasteiger partial charge on any atom is 0.244 e. The van der Waals surface area contributed by atoms with Crippen molar-refractivity contribution in [2.75, 3.05) is 23.7 Å². The van der Waals surface area contributed by atoms with Crippen molar-refractivity contribution < 1.29 is 18.0 Å². The first-order valence-corrected chi connectivity index (χ1v) is 13.6. The average Bonchev–Trinajstić information content (AvgIpc) is 2.75. The van der Waals surface area contributed by atoms with Crippen molar-refractivity contribution in [1.29, 1.82) is 0 Å². The summed E-state index contributed by atoms with van der Waals surface area (Å²) < 4.78 is 26.8. The number of sulfonamides is 1. The van der Waals surface area contributed by atoms with Crippen LogP contribution in [0.4, 0.5) is 5.69 Å². The van der Waals surface area contributed by atoms with Gasteiger partial charge in [-0.1, -0.05) is 52.1 Å². The third kappa shape index (κ3) is 7.60. The Kier molecular flexibility index (Phi) is 10.0. The predicted molar refractivity (Wildman–Crippen MR) is 136 cm³/mol. The Labute approximate surface area is 213 Å². The second kappa shape index (κ2) is 12.1. The fraction of sp³-hybridized carbons (Fsp3) is 0.364. The number of halogens is 3. The van der Waals surface area contributed by atoms with Gasteiger partial charge in [0.2, 0.25) is 21.8 Å². The second-order valence-corrected chi connectivity index (χ2v) is 11.1. The summed E-state index contributed by atoms with van der Waals surface area (Å²) in [6.07, 6.45) is 1.75. The Morgan fingerprint density at radius 2 is 1.67 bits per heavy atom. The van der Waals surface area contributed by atoms with Crippen LogP contribution < -0.4 is 9.62 Å². The molecule has 0 heterocycles. The molecule has 0 radical (unpaired) electrons. The van der Waals surface area contributed by atoms with E-state index < -0.39 is 28.5 Å². The number of carbonyl (C=O) groups is 2. The SMILES string of the molecule is CCCNC(=O)[C@H](C)N(Cc1c(Cl)cccc1Cl)C(=O)CN(c1ccc(Br)cc1)S(C)(=O)=O. The Hall–Kier alpha value is -1.81. The third-order valence-corrected chi connectivity index (χ3v) is 7.28. The van der Waals surface area contributed by atoms with Crippen molar-refractivity contribution >= 4 is 66.7 Å². The molecule has 0 spiro atoms. The molecule has 0 saturated heterocycles. The standard InChI is InChI=1S/C22H26BrCl2N3O4S/c1-4-12-26-22(30)15(2)27(13-18-19(24)6-5-7-20(18)25)21(29)14-28(33(3,31)32)17-10-8-16(23)9-11-17/h5-11,15H,4,12-14H2,1-3H3,(H,26,30)/t15-/m0/s1. The van der Waals surface area contributed by atoms with Gasteiger partial charge in [0.1, 0.15) is 12.6 Å². The largest absolute Gasteiger partial charge is 0.354 e. The van der Waals surface area contributed by atoms with Crippen molar-refractivity contribution in [3.8, 4) is 0 Å². The quantitative estimate of drug-likeness (QED) is 0.451. The molecule has 0 bridgehead atoms. The molecule has 11 heteroatoms. The molecule has 0 aromatic heterocycles. The molecule has 0 aliphatic carbocycles. The van der Waals surface area contributed by atoms with E-state index in [1.807, 2.05) is 6.92 Å². The number of nitrogens with one attached hydrogen (secondary N) is 1. The number of benzene rings is 2. The molecule has 1 atom stereocenters. The molecule has 180 valence electrons. The first kappa shape index (κ1) is 27.4. The highest BCUT2D eigenvalue weighted by Gasteiger charge is 2.30. The van der Waals surface area contributed by atoms with E-state index >= 15 is 0 Å². The monoisotopic (exact) mass is 577 g/mol. The highest BCUT2D eigenvalue weighted by Crippen LogP contribution is 2.27. The van der Waals surface area contributed by atoms with E-state index in [0.29, 0.717) is 27.8 Å². The van der Waals surface area contributed by atoms with Crippen LogP contribution >= 0.6 is 39.1 Å². The van der Waals surface area contributed by atoms with E-state index in [9.17, 15) is 18.0 Å². The van der Waals surface area contributed by atoms with Crippen LogP contribution in [0.25, 0.3) is 0 Å². The fourth-order valence-corrected chi connectivity index (χ4v) is 4.68. The first-order chi connectivity index (χ1) is 15.5. The minimum absolute atomic E-state index is 0.0595. The maximum atomic E-state index is 13.4. The first-order valence-electron chi connectivity index (χ1n) is 10.2. The Bertz CT molecular complexity index is 1080. The van der Waals surface area contributed by atoms with Gasteiger partial charge in [-0.25, -0.2) is 8.42 Å². The van der Waals surface area contributed by atoms with Crippen molar-refractivity contribution in [1.82, 2.24) is 10.2 Å². The molecule has 2 aromatic carbocycles. The van der Waals surface area contributed by atoms with E-state index in [4.69, 9.17) is 23.2 Å². The summed E-state index contributed by atoms with van der Waals surface area (Å²) in [4.78, 5) is 27.4. The molecule has 0 unspecified atom stereocenters. The molecule has 2 aromatic rings. The van der Waals surface area contributed by atoms with Gasteiger partial charge in [-0.05, 0) is 49.7 Å². The molecular formula is C22H26BrCl2N3O4S. The maximum absolute atomic E-state index is 13.4. The third-order valence-electron chi connectivity index (χ3n) is 4.90. The lowest BCUT2D eigenvalue weighted by atomic mass is 10.1. The fourth-order valence-electron chi connectivity index (χ4n) is 3.05. The Balaban J connectivity index is 2.42. The van der Waals surface area contributed by atoms with Crippen LogP contribution in [0, 0.1) is 0 Å². The summed E-state index contributed by atoms with van der Waals surface area (Å²) in [5.41, 5.74) is 0.798. The van der Waals surface area contributed by atoms with Crippen LogP contribution in [0.5, 0.6) is 0 Å². The average molecular weight is 579 g/mol. The van der Waals surface area contributed by atoms with E-state index in [2.05, 4.69) is 21.2 Å². The lowest BCUT2D eigenvalue weighted by Gasteiger charge is -2.32. The molecule has 2 rings (SSSR count). The van der Waals surface area contributed by atoms with Crippen molar-refractivity contribution in [2.24, 2.45) is 0 Å². The van der Waals surface area contributed by atoms with E-state index in [1.54, 1.807) is 49.4 Å². The minimum Gasteiger partial charge on any atom is -0.354 e. The molecular weight excluding hydrogens is 553 g/mol. The number of amides is 2. The lowest BCUT2D eigenvalue weighted by molar-refractivity contribution is -0.139. The number of hydrogen-bond acceptors (Lipinski definition) is 4. The van der Waals surface area contributed by atoms with Crippen LogP contribution in [0.15, 0.2) is 46.9 Å². The van der Waals surface area contributed by atoms with Crippen LogP contribution in [0.1, 0.15) is 25.8 Å². The van der Waals surface area contributed by atoms with E-state index in [1.165, 1.54) is 4.90 Å². The van der Waals surface area contributed by atoms with Crippen LogP contribution in [-0.4, -0.2) is 50.5 Å². The van der Waals surface area contributed by atoms with Gasteiger partial charge in [0.15, 0.2) is 0 Å². The predicted octanol–water partition coefficient (Wildman–Crippen LogP) is 4.47. The normalized spacial score (nSPS) is 12.2. The van der Waals surface area contributed by atoms with Gasteiger partial charge in [-0.3, -0.25) is 13.9 Å². The Morgan fingerprint density at radius 1 is 1.09 bits per heavy atom. The molecule has 7 nitrogen and oxygen atoms in total. The molecule has 33 heavy (non-hydrogen) atoms. The van der Waals surface area contributed by atoms with Gasteiger partial charge in [-0.2, -0.15) is 0 Å². The van der Waals surface area contributed by atoms with Crippen LogP contribution in [0.3, 0.4) is 0 Å². The zero-order valence-corrected chi connectivity index (χ0v) is 22.4. The Morgan fingerprint density at radius 3 is 2.18 bits per heavy atom. The van der Waals surface area contributed by atoms with Gasteiger partial charge in [0.05, 0.1) is 11.9 Å². The summed E-state index contributed by atoms with van der Waals surface area (Å²) >= 11 is 15.9. The summed E-state index contributed by atoms with van der Waals surface area (Å²) in [5, 5.41) is 3.45. The highest BCUT2D eigenvalue weighted by atomic mass is 79.9. The van der Waals surface area contributed by atoms with E-state index in [0.717, 1.165) is 21.5 Å².